The Kier molecular flexibility index (Phi) is 7.89. The second kappa shape index (κ2) is 9.79. The number of ether oxygens (including phenoxy) is 1. The smallest absolute Gasteiger partial charge is 0.193 e. The molecule has 0 spiro atoms. The van der Waals surface area contributed by atoms with Crippen molar-refractivity contribution in [3.05, 3.63) is 0 Å². The highest BCUT2D eigenvalue weighted by Crippen LogP contribution is 2.46. The van der Waals surface area contributed by atoms with Gasteiger partial charge in [-0.3, -0.25) is 9.89 Å². The van der Waals surface area contributed by atoms with Gasteiger partial charge < -0.3 is 19.9 Å². The largest absolute Gasteiger partial charge is 0.381 e. The van der Waals surface area contributed by atoms with Crippen LogP contribution in [0.4, 0.5) is 0 Å². The first kappa shape index (κ1) is 22.6. The minimum atomic E-state index is 0. The van der Waals surface area contributed by atoms with Gasteiger partial charge in [-0.25, -0.2) is 0 Å². The van der Waals surface area contributed by atoms with Crippen LogP contribution in [0, 0.1) is 11.8 Å². The van der Waals surface area contributed by atoms with E-state index in [0.717, 1.165) is 69.5 Å². The Morgan fingerprint density at radius 1 is 1.11 bits per heavy atom. The van der Waals surface area contributed by atoms with Crippen molar-refractivity contribution in [1.82, 2.24) is 20.0 Å². The van der Waals surface area contributed by atoms with Gasteiger partial charge in [-0.15, -0.1) is 24.0 Å². The van der Waals surface area contributed by atoms with Crippen molar-refractivity contribution in [2.24, 2.45) is 16.8 Å². The fraction of sp³-hybridized carbons (Fsp3) is 0.952. The van der Waals surface area contributed by atoms with Crippen LogP contribution in [-0.4, -0.2) is 99.3 Å². The number of hydrogen-bond donors (Lipinski definition) is 1. The van der Waals surface area contributed by atoms with Gasteiger partial charge in [-0.05, 0) is 58.0 Å². The van der Waals surface area contributed by atoms with E-state index in [9.17, 15) is 0 Å². The van der Waals surface area contributed by atoms with E-state index in [0.29, 0.717) is 0 Å². The van der Waals surface area contributed by atoms with Gasteiger partial charge >= 0.3 is 0 Å². The van der Waals surface area contributed by atoms with E-state index in [1.54, 1.807) is 0 Å². The fourth-order valence-corrected chi connectivity index (χ4v) is 6.03. The van der Waals surface area contributed by atoms with Crippen LogP contribution >= 0.6 is 24.0 Å². The highest BCUT2D eigenvalue weighted by atomic mass is 127. The molecule has 2 saturated heterocycles. The Morgan fingerprint density at radius 2 is 1.82 bits per heavy atom. The maximum absolute atomic E-state index is 5.61. The Bertz CT molecular complexity index is 529. The predicted octanol–water partition coefficient (Wildman–Crippen LogP) is 2.10. The third kappa shape index (κ3) is 4.62. The van der Waals surface area contributed by atoms with Crippen molar-refractivity contribution in [3.8, 4) is 0 Å². The summed E-state index contributed by atoms with van der Waals surface area (Å²) in [5.74, 6) is 3.11. The Hall–Kier alpha value is -0.120. The number of aliphatic imine (C=N–C) groups is 1. The quantitative estimate of drug-likeness (QED) is 0.360. The standard InChI is InChI=1S/C21H39N5O.HI/c1-22-20(23-16-21(24(2)3)6-12-27-13-7-21)26-10-8-25(9-11-26)19-15-17-4-5-18(19)14-17;/h17-19H,4-16H2,1-3H3,(H,22,23);1H. The Balaban J connectivity index is 0.00000225. The first-order valence-corrected chi connectivity index (χ1v) is 11.1. The van der Waals surface area contributed by atoms with Gasteiger partial charge in [0.2, 0.25) is 0 Å². The summed E-state index contributed by atoms with van der Waals surface area (Å²) >= 11 is 0. The summed E-state index contributed by atoms with van der Waals surface area (Å²) in [6.45, 7) is 7.27. The number of guanidine groups is 1. The van der Waals surface area contributed by atoms with E-state index in [1.165, 1.54) is 38.8 Å². The van der Waals surface area contributed by atoms with E-state index in [-0.39, 0.29) is 29.5 Å². The second-order valence-electron chi connectivity index (χ2n) is 9.40. The monoisotopic (exact) mass is 505 g/mol. The molecule has 2 aliphatic carbocycles. The molecule has 0 amide bonds. The summed E-state index contributed by atoms with van der Waals surface area (Å²) in [6.07, 6.45) is 8.12. The SMILES string of the molecule is CN=C(NCC1(N(C)C)CCOCC1)N1CCN(C2CC3CCC2C3)CC1.I. The van der Waals surface area contributed by atoms with Crippen molar-refractivity contribution in [1.29, 1.82) is 0 Å². The predicted molar refractivity (Wildman–Crippen MR) is 126 cm³/mol. The highest BCUT2D eigenvalue weighted by molar-refractivity contribution is 14.0. The van der Waals surface area contributed by atoms with Crippen molar-refractivity contribution in [3.63, 3.8) is 0 Å². The van der Waals surface area contributed by atoms with Gasteiger partial charge in [0.1, 0.15) is 0 Å². The first-order valence-electron chi connectivity index (χ1n) is 11.1. The lowest BCUT2D eigenvalue weighted by molar-refractivity contribution is -0.00542. The number of rotatable bonds is 4. The molecule has 2 bridgehead atoms. The lowest BCUT2D eigenvalue weighted by atomic mass is 9.88. The van der Waals surface area contributed by atoms with E-state index in [1.807, 2.05) is 7.05 Å². The van der Waals surface area contributed by atoms with Crippen LogP contribution in [0.1, 0.15) is 38.5 Å². The van der Waals surface area contributed by atoms with Crippen LogP contribution in [0.15, 0.2) is 4.99 Å². The van der Waals surface area contributed by atoms with E-state index < -0.39 is 0 Å². The normalized spacial score (nSPS) is 33.2. The van der Waals surface area contributed by atoms with Gasteiger partial charge in [0.15, 0.2) is 5.96 Å². The number of fused-ring (bicyclic) bond motifs is 2. The van der Waals surface area contributed by atoms with Gasteiger partial charge in [0, 0.05) is 64.6 Å². The number of nitrogens with zero attached hydrogens (tertiary/aromatic N) is 4. The average Bonchev–Trinajstić information content (AvgIpc) is 3.33. The summed E-state index contributed by atoms with van der Waals surface area (Å²) in [5, 5.41) is 3.70. The molecular weight excluding hydrogens is 465 g/mol. The molecule has 4 fully saturated rings. The summed E-state index contributed by atoms with van der Waals surface area (Å²) in [5.41, 5.74) is 0.180. The summed E-state index contributed by atoms with van der Waals surface area (Å²) < 4.78 is 5.61. The zero-order valence-corrected chi connectivity index (χ0v) is 20.4. The minimum absolute atomic E-state index is 0. The Morgan fingerprint density at radius 3 is 2.36 bits per heavy atom. The lowest BCUT2D eigenvalue weighted by Gasteiger charge is -2.45. The second-order valence-corrected chi connectivity index (χ2v) is 9.40. The van der Waals surface area contributed by atoms with E-state index in [4.69, 9.17) is 4.74 Å². The van der Waals surface area contributed by atoms with Crippen LogP contribution in [-0.2, 0) is 4.74 Å². The van der Waals surface area contributed by atoms with Gasteiger partial charge in [0.25, 0.3) is 0 Å². The van der Waals surface area contributed by atoms with Crippen LogP contribution in [0.2, 0.25) is 0 Å². The molecule has 0 radical (unpaired) electrons. The molecule has 7 heteroatoms. The van der Waals surface area contributed by atoms with Crippen molar-refractivity contribution < 1.29 is 4.74 Å². The van der Waals surface area contributed by atoms with Gasteiger partial charge in [0.05, 0.1) is 0 Å². The molecule has 4 aliphatic rings. The summed E-state index contributed by atoms with van der Waals surface area (Å²) in [4.78, 5) is 12.2. The number of halogens is 1. The highest BCUT2D eigenvalue weighted by Gasteiger charge is 2.43. The molecule has 28 heavy (non-hydrogen) atoms. The maximum Gasteiger partial charge on any atom is 0.193 e. The third-order valence-electron chi connectivity index (χ3n) is 7.94. The van der Waals surface area contributed by atoms with E-state index in [2.05, 4.69) is 39.1 Å². The van der Waals surface area contributed by atoms with Crippen LogP contribution < -0.4 is 5.32 Å². The van der Waals surface area contributed by atoms with E-state index >= 15 is 0 Å². The molecule has 0 aromatic rings. The molecule has 162 valence electrons. The van der Waals surface area contributed by atoms with Crippen LogP contribution in [0.3, 0.4) is 0 Å². The topological polar surface area (TPSA) is 43.3 Å². The zero-order chi connectivity index (χ0) is 18.9. The molecule has 1 N–H and O–H groups in total. The average molecular weight is 505 g/mol. The molecule has 2 heterocycles. The summed E-state index contributed by atoms with van der Waals surface area (Å²) in [6, 6.07) is 0.875. The molecule has 6 nitrogen and oxygen atoms in total. The molecule has 0 aromatic carbocycles. The molecular formula is C21H40IN5O. The Labute approximate surface area is 188 Å². The molecule has 0 aromatic heterocycles. The van der Waals surface area contributed by atoms with Gasteiger partial charge in [-0.1, -0.05) is 6.42 Å². The van der Waals surface area contributed by atoms with Crippen molar-refractivity contribution in [2.45, 2.75) is 50.1 Å². The van der Waals surface area contributed by atoms with Gasteiger partial charge in [-0.2, -0.15) is 0 Å². The number of piperazine rings is 1. The fourth-order valence-electron chi connectivity index (χ4n) is 6.03. The summed E-state index contributed by atoms with van der Waals surface area (Å²) in [7, 11) is 6.32. The van der Waals surface area contributed by atoms with Crippen molar-refractivity contribution in [2.75, 3.05) is 67.1 Å². The van der Waals surface area contributed by atoms with Crippen LogP contribution in [0.25, 0.3) is 0 Å². The van der Waals surface area contributed by atoms with Crippen molar-refractivity contribution >= 4 is 29.9 Å². The molecule has 2 aliphatic heterocycles. The van der Waals surface area contributed by atoms with Crippen LogP contribution in [0.5, 0.6) is 0 Å². The molecule has 3 atom stereocenters. The molecule has 2 saturated carbocycles. The number of nitrogens with one attached hydrogen (secondary N) is 1. The zero-order valence-electron chi connectivity index (χ0n) is 18.0. The number of hydrogen-bond acceptors (Lipinski definition) is 4. The molecule has 3 unspecified atom stereocenters. The lowest BCUT2D eigenvalue weighted by Crippen LogP contribution is -2.60. The number of likely N-dealkylation sites (N-methyl/N-ethyl adjacent to an activating group) is 1. The molecule has 4 rings (SSSR count). The first-order chi connectivity index (χ1) is 13.1. The third-order valence-corrected chi connectivity index (χ3v) is 7.94. The maximum atomic E-state index is 5.61. The minimum Gasteiger partial charge on any atom is -0.381 e.